The van der Waals surface area contributed by atoms with Crippen LogP contribution in [0.4, 0.5) is 13.2 Å². The molecule has 0 aliphatic heterocycles. The van der Waals surface area contributed by atoms with E-state index in [1.54, 1.807) is 31.2 Å². The SMILES string of the molecule is CC(=NOc1ccc(C#N)cc1)c1ccc(OC(F)(F)F)cc1. The molecule has 7 heteroatoms. The Kier molecular flexibility index (Phi) is 4.86. The molecule has 0 radical (unpaired) electrons. The maximum Gasteiger partial charge on any atom is 0.573 e. The molecule has 118 valence electrons. The average Bonchev–Trinajstić information content (AvgIpc) is 2.52. The molecule has 0 saturated carbocycles. The lowest BCUT2D eigenvalue weighted by Crippen LogP contribution is -2.17. The number of benzene rings is 2. The van der Waals surface area contributed by atoms with Crippen molar-refractivity contribution >= 4 is 5.71 Å². The molecule has 0 N–H and O–H groups in total. The molecule has 0 saturated heterocycles. The average molecular weight is 320 g/mol. The molecular formula is C16H11F3N2O2. The molecule has 0 aliphatic rings. The van der Waals surface area contributed by atoms with E-state index in [0.717, 1.165) is 0 Å². The van der Waals surface area contributed by atoms with E-state index in [0.29, 0.717) is 22.6 Å². The van der Waals surface area contributed by atoms with Gasteiger partial charge >= 0.3 is 6.36 Å². The van der Waals surface area contributed by atoms with Gasteiger partial charge in [-0.05, 0) is 61.0 Å². The van der Waals surface area contributed by atoms with Crippen LogP contribution in [0.3, 0.4) is 0 Å². The second-order valence-electron chi connectivity index (χ2n) is 4.48. The number of rotatable bonds is 4. The fraction of sp³-hybridized carbons (Fsp3) is 0.125. The minimum atomic E-state index is -4.72. The number of ether oxygens (including phenoxy) is 1. The predicted molar refractivity (Wildman–Crippen MR) is 77.1 cm³/mol. The van der Waals surface area contributed by atoms with Crippen molar-refractivity contribution in [3.05, 3.63) is 59.7 Å². The Morgan fingerprint density at radius 1 is 1.00 bits per heavy atom. The molecule has 23 heavy (non-hydrogen) atoms. The van der Waals surface area contributed by atoms with Gasteiger partial charge in [-0.2, -0.15) is 5.26 Å². The summed E-state index contributed by atoms with van der Waals surface area (Å²) in [6, 6.07) is 13.6. The van der Waals surface area contributed by atoms with Gasteiger partial charge in [0.05, 0.1) is 17.3 Å². The summed E-state index contributed by atoms with van der Waals surface area (Å²) in [7, 11) is 0. The van der Waals surface area contributed by atoms with Gasteiger partial charge < -0.3 is 9.57 Å². The van der Waals surface area contributed by atoms with Crippen LogP contribution < -0.4 is 9.57 Å². The molecule has 0 fully saturated rings. The quantitative estimate of drug-likeness (QED) is 0.625. The summed E-state index contributed by atoms with van der Waals surface area (Å²) in [6.07, 6.45) is -4.72. The van der Waals surface area contributed by atoms with Gasteiger partial charge in [0.2, 0.25) is 0 Å². The lowest BCUT2D eigenvalue weighted by atomic mass is 10.1. The first kappa shape index (κ1) is 16.4. The first-order valence-corrected chi connectivity index (χ1v) is 6.45. The summed E-state index contributed by atoms with van der Waals surface area (Å²) >= 11 is 0. The third-order valence-corrected chi connectivity index (χ3v) is 2.78. The number of alkyl halides is 3. The van der Waals surface area contributed by atoms with Gasteiger partial charge in [-0.25, -0.2) is 0 Å². The van der Waals surface area contributed by atoms with Crippen LogP contribution in [-0.4, -0.2) is 12.1 Å². The van der Waals surface area contributed by atoms with Crippen molar-refractivity contribution in [2.75, 3.05) is 0 Å². The topological polar surface area (TPSA) is 54.6 Å². The van der Waals surface area contributed by atoms with Crippen molar-refractivity contribution in [1.82, 2.24) is 0 Å². The van der Waals surface area contributed by atoms with Crippen molar-refractivity contribution in [1.29, 1.82) is 5.26 Å². The molecule has 0 bridgehead atoms. The molecular weight excluding hydrogens is 309 g/mol. The summed E-state index contributed by atoms with van der Waals surface area (Å²) in [4.78, 5) is 5.20. The highest BCUT2D eigenvalue weighted by Gasteiger charge is 2.30. The van der Waals surface area contributed by atoms with Crippen molar-refractivity contribution in [2.45, 2.75) is 13.3 Å². The van der Waals surface area contributed by atoms with E-state index in [1.165, 1.54) is 24.3 Å². The van der Waals surface area contributed by atoms with E-state index in [2.05, 4.69) is 9.89 Å². The number of nitrogens with zero attached hydrogens (tertiary/aromatic N) is 2. The number of halogens is 3. The molecule has 0 amide bonds. The lowest BCUT2D eigenvalue weighted by molar-refractivity contribution is -0.274. The van der Waals surface area contributed by atoms with Gasteiger partial charge in [0, 0.05) is 0 Å². The minimum absolute atomic E-state index is 0.304. The maximum atomic E-state index is 12.1. The minimum Gasteiger partial charge on any atom is -0.406 e. The van der Waals surface area contributed by atoms with Crippen molar-refractivity contribution < 1.29 is 22.7 Å². The number of hydrogen-bond donors (Lipinski definition) is 0. The van der Waals surface area contributed by atoms with Gasteiger partial charge in [0.15, 0.2) is 5.75 Å². The zero-order chi connectivity index (χ0) is 16.9. The van der Waals surface area contributed by atoms with Gasteiger partial charge in [-0.15, -0.1) is 13.2 Å². The largest absolute Gasteiger partial charge is 0.573 e. The molecule has 0 aliphatic carbocycles. The summed E-state index contributed by atoms with van der Waals surface area (Å²) < 4.78 is 40.0. The normalized spacial score (nSPS) is 11.7. The van der Waals surface area contributed by atoms with E-state index in [1.807, 2.05) is 6.07 Å². The molecule has 2 rings (SSSR count). The Hall–Kier alpha value is -3.01. The lowest BCUT2D eigenvalue weighted by Gasteiger charge is -2.09. The van der Waals surface area contributed by atoms with Crippen LogP contribution in [0.1, 0.15) is 18.1 Å². The van der Waals surface area contributed by atoms with Gasteiger partial charge in [-0.1, -0.05) is 5.16 Å². The number of hydrogen-bond acceptors (Lipinski definition) is 4. The number of nitriles is 1. The van der Waals surface area contributed by atoms with E-state index in [-0.39, 0.29) is 5.75 Å². The predicted octanol–water partition coefficient (Wildman–Crippen LogP) is 4.26. The van der Waals surface area contributed by atoms with Crippen LogP contribution in [0.25, 0.3) is 0 Å². The third-order valence-electron chi connectivity index (χ3n) is 2.78. The second-order valence-corrected chi connectivity index (χ2v) is 4.48. The summed E-state index contributed by atoms with van der Waals surface area (Å²) in [5, 5.41) is 12.6. The van der Waals surface area contributed by atoms with E-state index in [4.69, 9.17) is 10.1 Å². The molecule has 0 spiro atoms. The van der Waals surface area contributed by atoms with Crippen molar-refractivity contribution in [3.63, 3.8) is 0 Å². The Morgan fingerprint density at radius 2 is 1.57 bits per heavy atom. The Morgan fingerprint density at radius 3 is 2.09 bits per heavy atom. The smallest absolute Gasteiger partial charge is 0.406 e. The second kappa shape index (κ2) is 6.83. The summed E-state index contributed by atoms with van der Waals surface area (Å²) in [6.45, 7) is 1.66. The molecule has 0 unspecified atom stereocenters. The van der Waals surface area contributed by atoms with Crippen molar-refractivity contribution in [3.8, 4) is 17.6 Å². The van der Waals surface area contributed by atoms with Gasteiger partial charge in [0.25, 0.3) is 0 Å². The standard InChI is InChI=1S/C16H11F3N2O2/c1-11(21-23-15-6-2-12(10-20)3-7-15)13-4-8-14(9-5-13)22-16(17,18)19/h2-9H,1H3. The molecule has 0 atom stereocenters. The van der Waals surface area contributed by atoms with Crippen LogP contribution in [0.2, 0.25) is 0 Å². The van der Waals surface area contributed by atoms with Crippen LogP contribution in [0.15, 0.2) is 53.7 Å². The zero-order valence-electron chi connectivity index (χ0n) is 12.0. The Balaban J connectivity index is 2.04. The van der Waals surface area contributed by atoms with Crippen LogP contribution in [-0.2, 0) is 0 Å². The summed E-state index contributed by atoms with van der Waals surface area (Å²) in [5.74, 6) is 0.141. The van der Waals surface area contributed by atoms with Crippen LogP contribution in [0, 0.1) is 11.3 Å². The monoisotopic (exact) mass is 320 g/mol. The highest BCUT2D eigenvalue weighted by Crippen LogP contribution is 2.23. The summed E-state index contributed by atoms with van der Waals surface area (Å²) in [5.41, 5.74) is 1.57. The Labute approximate surface area is 130 Å². The van der Waals surface area contributed by atoms with Gasteiger partial charge in [0.1, 0.15) is 5.75 Å². The van der Waals surface area contributed by atoms with E-state index >= 15 is 0 Å². The Bertz CT molecular complexity index is 730. The first-order chi connectivity index (χ1) is 10.9. The molecule has 4 nitrogen and oxygen atoms in total. The molecule has 0 aromatic heterocycles. The van der Waals surface area contributed by atoms with Gasteiger partial charge in [-0.3, -0.25) is 0 Å². The fourth-order valence-corrected chi connectivity index (χ4v) is 1.66. The maximum absolute atomic E-state index is 12.1. The van der Waals surface area contributed by atoms with E-state index < -0.39 is 6.36 Å². The highest BCUT2D eigenvalue weighted by molar-refractivity contribution is 5.98. The molecule has 0 heterocycles. The van der Waals surface area contributed by atoms with Crippen LogP contribution in [0.5, 0.6) is 11.5 Å². The number of oxime groups is 1. The molecule has 2 aromatic rings. The molecule has 2 aromatic carbocycles. The van der Waals surface area contributed by atoms with Crippen LogP contribution >= 0.6 is 0 Å². The highest BCUT2D eigenvalue weighted by atomic mass is 19.4. The van der Waals surface area contributed by atoms with E-state index in [9.17, 15) is 13.2 Å². The fourth-order valence-electron chi connectivity index (χ4n) is 1.66. The zero-order valence-corrected chi connectivity index (χ0v) is 12.0. The first-order valence-electron chi connectivity index (χ1n) is 6.45. The van der Waals surface area contributed by atoms with Crippen molar-refractivity contribution in [2.24, 2.45) is 5.16 Å². The third kappa shape index (κ3) is 5.04.